The minimum Gasteiger partial charge on any atom is -0.744 e. The fourth-order valence-corrected chi connectivity index (χ4v) is 3.66. The summed E-state index contributed by atoms with van der Waals surface area (Å²) in [6, 6.07) is 10.6. The molecular weight excluding hydrogens is 359 g/mol. The Bertz CT molecular complexity index is 757. The van der Waals surface area contributed by atoms with E-state index in [4.69, 9.17) is 0 Å². The van der Waals surface area contributed by atoms with Gasteiger partial charge < -0.3 is 4.55 Å². The molecule has 0 N–H and O–H groups in total. The zero-order chi connectivity index (χ0) is 17.4. The fraction of sp³-hybridized carbons (Fsp3) is 0.500. The van der Waals surface area contributed by atoms with Crippen LogP contribution in [0.1, 0.15) is 63.9 Å². The van der Waals surface area contributed by atoms with Gasteiger partial charge in [-0.2, -0.15) is 0 Å². The van der Waals surface area contributed by atoms with Crippen molar-refractivity contribution in [3.05, 3.63) is 42.0 Å². The SMILES string of the molecule is CCCCCCCCCCc1cccc2cc(S(=O)(=O)[O-])ccc12.[K+]. The molecule has 0 saturated carbocycles. The number of rotatable bonds is 10. The maximum atomic E-state index is 11.1. The van der Waals surface area contributed by atoms with E-state index in [1.54, 1.807) is 6.07 Å². The predicted molar refractivity (Wildman–Crippen MR) is 98.2 cm³/mol. The first-order valence-corrected chi connectivity index (χ1v) is 10.4. The zero-order valence-corrected chi connectivity index (χ0v) is 19.4. The van der Waals surface area contributed by atoms with Crippen LogP contribution < -0.4 is 51.4 Å². The van der Waals surface area contributed by atoms with E-state index >= 15 is 0 Å². The van der Waals surface area contributed by atoms with Gasteiger partial charge >= 0.3 is 51.4 Å². The summed E-state index contributed by atoms with van der Waals surface area (Å²) < 4.78 is 33.4. The summed E-state index contributed by atoms with van der Waals surface area (Å²) in [6.07, 6.45) is 11.3. The summed E-state index contributed by atoms with van der Waals surface area (Å²) in [5, 5.41) is 1.87. The van der Waals surface area contributed by atoms with Crippen molar-refractivity contribution < 1.29 is 64.4 Å². The normalized spacial score (nSPS) is 11.4. The quantitative estimate of drug-likeness (QED) is 0.358. The Morgan fingerprint density at radius 2 is 1.52 bits per heavy atom. The molecule has 0 amide bonds. The van der Waals surface area contributed by atoms with Gasteiger partial charge in [0.05, 0.1) is 4.90 Å². The standard InChI is InChI=1S/C20H28O3S.K/c1-2-3-4-5-6-7-8-9-11-17-12-10-13-18-16-19(24(21,22)23)14-15-20(17)18;/h10,12-16H,2-9,11H2,1H3,(H,21,22,23);/q;+1/p-1. The van der Waals surface area contributed by atoms with Crippen LogP contribution >= 0.6 is 0 Å². The number of benzene rings is 2. The zero-order valence-electron chi connectivity index (χ0n) is 15.5. The Labute approximate surface area is 194 Å². The smallest absolute Gasteiger partial charge is 0.744 e. The van der Waals surface area contributed by atoms with Gasteiger partial charge in [-0.1, -0.05) is 76.1 Å². The van der Waals surface area contributed by atoms with E-state index in [1.165, 1.54) is 62.6 Å². The molecule has 0 radical (unpaired) electrons. The minimum absolute atomic E-state index is 0. The van der Waals surface area contributed by atoms with Gasteiger partial charge in [0.1, 0.15) is 10.1 Å². The molecule has 0 saturated heterocycles. The Balaban J connectivity index is 0.00000312. The Hall–Kier alpha value is 0.246. The van der Waals surface area contributed by atoms with Gasteiger partial charge in [-0.3, -0.25) is 0 Å². The first-order chi connectivity index (χ1) is 11.5. The van der Waals surface area contributed by atoms with Gasteiger partial charge in [-0.05, 0) is 41.3 Å². The third kappa shape index (κ3) is 7.79. The van der Waals surface area contributed by atoms with Crippen LogP contribution in [0.3, 0.4) is 0 Å². The van der Waals surface area contributed by atoms with Crippen molar-refractivity contribution in [2.45, 2.75) is 69.6 Å². The molecule has 0 spiro atoms. The summed E-state index contributed by atoms with van der Waals surface area (Å²) in [6.45, 7) is 2.24. The molecule has 0 fully saturated rings. The number of hydrogen-bond acceptors (Lipinski definition) is 3. The Morgan fingerprint density at radius 1 is 0.880 bits per heavy atom. The van der Waals surface area contributed by atoms with Crippen molar-refractivity contribution in [3.8, 4) is 0 Å². The van der Waals surface area contributed by atoms with Gasteiger partial charge in [0.15, 0.2) is 0 Å². The molecule has 0 unspecified atom stereocenters. The predicted octanol–water partition coefficient (Wildman–Crippen LogP) is 2.43. The van der Waals surface area contributed by atoms with Crippen molar-refractivity contribution in [3.63, 3.8) is 0 Å². The van der Waals surface area contributed by atoms with E-state index in [1.807, 2.05) is 12.1 Å². The maximum Gasteiger partial charge on any atom is 1.00 e. The van der Waals surface area contributed by atoms with Crippen molar-refractivity contribution >= 4 is 20.9 Å². The van der Waals surface area contributed by atoms with E-state index in [0.29, 0.717) is 0 Å². The first kappa shape index (κ1) is 23.3. The molecule has 2 rings (SSSR count). The summed E-state index contributed by atoms with van der Waals surface area (Å²) in [5.74, 6) is 0. The van der Waals surface area contributed by atoms with Gasteiger partial charge in [-0.25, -0.2) is 8.42 Å². The molecule has 5 heteroatoms. The van der Waals surface area contributed by atoms with Crippen LogP contribution in [0.25, 0.3) is 10.8 Å². The van der Waals surface area contributed by atoms with Crippen molar-refractivity contribution in [1.29, 1.82) is 0 Å². The summed E-state index contributed by atoms with van der Waals surface area (Å²) in [5.41, 5.74) is 1.23. The average Bonchev–Trinajstić information content (AvgIpc) is 2.56. The number of unbranched alkanes of at least 4 members (excludes halogenated alkanes) is 7. The molecule has 132 valence electrons. The Morgan fingerprint density at radius 3 is 2.16 bits per heavy atom. The maximum absolute atomic E-state index is 11.1. The van der Waals surface area contributed by atoms with E-state index in [2.05, 4.69) is 13.0 Å². The third-order valence-electron chi connectivity index (χ3n) is 4.53. The molecule has 25 heavy (non-hydrogen) atoms. The second-order valence-electron chi connectivity index (χ2n) is 6.48. The molecule has 0 aromatic heterocycles. The summed E-state index contributed by atoms with van der Waals surface area (Å²) >= 11 is 0. The molecule has 0 aliphatic carbocycles. The molecule has 3 nitrogen and oxygen atoms in total. The van der Waals surface area contributed by atoms with Crippen LogP contribution in [0.15, 0.2) is 41.3 Å². The van der Waals surface area contributed by atoms with Gasteiger partial charge in [-0.15, -0.1) is 0 Å². The number of hydrogen-bond donors (Lipinski definition) is 0. The average molecular weight is 387 g/mol. The largest absolute Gasteiger partial charge is 1.00 e. The van der Waals surface area contributed by atoms with Gasteiger partial charge in [0, 0.05) is 0 Å². The van der Waals surface area contributed by atoms with E-state index in [9.17, 15) is 13.0 Å². The molecule has 0 aliphatic rings. The molecule has 2 aromatic rings. The first-order valence-electron chi connectivity index (χ1n) is 9.00. The van der Waals surface area contributed by atoms with Crippen LogP contribution in [0, 0.1) is 0 Å². The summed E-state index contributed by atoms with van der Waals surface area (Å²) in [7, 11) is -4.39. The molecule has 0 aliphatic heterocycles. The molecule has 0 bridgehead atoms. The molecule has 2 aromatic carbocycles. The minimum atomic E-state index is -4.39. The van der Waals surface area contributed by atoms with E-state index in [-0.39, 0.29) is 56.3 Å². The van der Waals surface area contributed by atoms with Crippen LogP contribution in [0.2, 0.25) is 0 Å². The fourth-order valence-electron chi connectivity index (χ4n) is 3.15. The molecule has 0 heterocycles. The van der Waals surface area contributed by atoms with Crippen molar-refractivity contribution in [1.82, 2.24) is 0 Å². The second kappa shape index (κ2) is 11.9. The van der Waals surface area contributed by atoms with Crippen LogP contribution in [-0.4, -0.2) is 13.0 Å². The number of aryl methyl sites for hydroxylation is 1. The molecular formula is C20H27KO3S. The van der Waals surface area contributed by atoms with Crippen LogP contribution in [0.5, 0.6) is 0 Å². The van der Waals surface area contributed by atoms with E-state index < -0.39 is 10.1 Å². The van der Waals surface area contributed by atoms with Crippen LogP contribution in [-0.2, 0) is 16.5 Å². The van der Waals surface area contributed by atoms with Gasteiger partial charge in [0.25, 0.3) is 0 Å². The van der Waals surface area contributed by atoms with Crippen molar-refractivity contribution in [2.24, 2.45) is 0 Å². The molecule has 0 atom stereocenters. The van der Waals surface area contributed by atoms with E-state index in [0.717, 1.165) is 23.6 Å². The van der Waals surface area contributed by atoms with Crippen LogP contribution in [0.4, 0.5) is 0 Å². The summed E-state index contributed by atoms with van der Waals surface area (Å²) in [4.78, 5) is -0.153. The topological polar surface area (TPSA) is 57.2 Å². The monoisotopic (exact) mass is 386 g/mol. The third-order valence-corrected chi connectivity index (χ3v) is 5.36. The number of fused-ring (bicyclic) bond motifs is 1. The van der Waals surface area contributed by atoms with Gasteiger partial charge in [0.2, 0.25) is 0 Å². The second-order valence-corrected chi connectivity index (χ2v) is 7.86. The Kier molecular flexibility index (Phi) is 11.0. The van der Waals surface area contributed by atoms with Crippen molar-refractivity contribution in [2.75, 3.05) is 0 Å².